The first kappa shape index (κ1) is 12.7. The highest BCUT2D eigenvalue weighted by Gasteiger charge is 2.50. The fourth-order valence-corrected chi connectivity index (χ4v) is 4.41. The molecule has 2 bridgehead atoms. The van der Waals surface area contributed by atoms with Crippen LogP contribution in [0.25, 0.3) is 0 Å². The van der Waals surface area contributed by atoms with E-state index in [1.165, 1.54) is 25.5 Å². The molecular weight excluding hydrogens is 236 g/mol. The predicted molar refractivity (Wildman–Crippen MR) is 74.7 cm³/mol. The molecule has 1 aromatic carbocycles. The third-order valence-corrected chi connectivity index (χ3v) is 5.44. The highest BCUT2D eigenvalue weighted by molar-refractivity contribution is 5.74. The van der Waals surface area contributed by atoms with Crippen LogP contribution in [-0.4, -0.2) is 13.1 Å². The monoisotopic (exact) mass is 258 g/mol. The molecular formula is C17H22O2. The van der Waals surface area contributed by atoms with Gasteiger partial charge in [0.25, 0.3) is 0 Å². The van der Waals surface area contributed by atoms with Crippen LogP contribution < -0.4 is 0 Å². The van der Waals surface area contributed by atoms with E-state index in [9.17, 15) is 4.79 Å². The molecule has 0 aliphatic heterocycles. The number of hydrogen-bond donors (Lipinski definition) is 0. The molecule has 0 aromatic heterocycles. The van der Waals surface area contributed by atoms with Crippen LogP contribution in [-0.2, 0) is 9.53 Å². The molecule has 5 atom stereocenters. The lowest BCUT2D eigenvalue weighted by Crippen LogP contribution is -2.37. The van der Waals surface area contributed by atoms with Crippen molar-refractivity contribution in [3.63, 3.8) is 0 Å². The van der Waals surface area contributed by atoms with Crippen LogP contribution in [0.1, 0.15) is 37.7 Å². The largest absolute Gasteiger partial charge is 0.469 e. The quantitative estimate of drug-likeness (QED) is 0.757. The van der Waals surface area contributed by atoms with Crippen molar-refractivity contribution in [3.05, 3.63) is 35.9 Å². The molecule has 2 nitrogen and oxygen atoms in total. The summed E-state index contributed by atoms with van der Waals surface area (Å²) in [6.45, 7) is 2.32. The summed E-state index contributed by atoms with van der Waals surface area (Å²) in [5.41, 5.74) is 1.31. The van der Waals surface area contributed by atoms with Gasteiger partial charge in [0.2, 0.25) is 0 Å². The second-order valence-electron chi connectivity index (χ2n) is 6.16. The van der Waals surface area contributed by atoms with E-state index in [0.717, 1.165) is 12.3 Å². The Hall–Kier alpha value is -1.31. The van der Waals surface area contributed by atoms with E-state index in [0.29, 0.717) is 17.8 Å². The van der Waals surface area contributed by atoms with Crippen molar-refractivity contribution in [2.45, 2.75) is 32.1 Å². The summed E-state index contributed by atoms with van der Waals surface area (Å²) in [7, 11) is 1.52. The van der Waals surface area contributed by atoms with Crippen molar-refractivity contribution >= 4 is 5.97 Å². The molecule has 2 fully saturated rings. The average molecular weight is 258 g/mol. The van der Waals surface area contributed by atoms with E-state index in [1.807, 2.05) is 6.07 Å². The summed E-state index contributed by atoms with van der Waals surface area (Å²) in [6, 6.07) is 10.5. The molecule has 4 unspecified atom stereocenters. The second kappa shape index (κ2) is 4.99. The van der Waals surface area contributed by atoms with Gasteiger partial charge in [-0.2, -0.15) is 0 Å². The van der Waals surface area contributed by atoms with Crippen molar-refractivity contribution in [1.82, 2.24) is 0 Å². The smallest absolute Gasteiger partial charge is 0.309 e. The Morgan fingerprint density at radius 1 is 1.21 bits per heavy atom. The molecule has 2 aliphatic carbocycles. The molecule has 19 heavy (non-hydrogen) atoms. The minimum atomic E-state index is -0.00828. The number of rotatable bonds is 2. The van der Waals surface area contributed by atoms with Gasteiger partial charge < -0.3 is 4.74 Å². The Kier molecular flexibility index (Phi) is 3.34. The van der Waals surface area contributed by atoms with Crippen LogP contribution in [0.3, 0.4) is 0 Å². The van der Waals surface area contributed by atoms with Gasteiger partial charge in [-0.3, -0.25) is 4.79 Å². The molecule has 2 saturated carbocycles. The molecule has 2 aliphatic rings. The fourth-order valence-electron chi connectivity index (χ4n) is 4.41. The number of carbonyl (C=O) groups is 1. The zero-order chi connectivity index (χ0) is 13.4. The first-order chi connectivity index (χ1) is 9.22. The highest BCUT2D eigenvalue weighted by Crippen LogP contribution is 2.55. The van der Waals surface area contributed by atoms with E-state index < -0.39 is 0 Å². The summed E-state index contributed by atoms with van der Waals surface area (Å²) in [5, 5.41) is 0. The van der Waals surface area contributed by atoms with Crippen molar-refractivity contribution in [3.8, 4) is 0 Å². The number of carbonyl (C=O) groups excluding carboxylic acids is 1. The van der Waals surface area contributed by atoms with E-state index in [4.69, 9.17) is 4.74 Å². The van der Waals surface area contributed by atoms with Crippen molar-refractivity contribution in [1.29, 1.82) is 0 Å². The molecule has 102 valence electrons. The van der Waals surface area contributed by atoms with E-state index in [1.54, 1.807) is 0 Å². The molecule has 2 heteroatoms. The molecule has 0 amide bonds. The molecule has 0 N–H and O–H groups in total. The normalized spacial score (nSPS) is 37.1. The number of ether oxygens (including phenoxy) is 1. The number of benzene rings is 1. The van der Waals surface area contributed by atoms with E-state index >= 15 is 0 Å². The number of esters is 1. The van der Waals surface area contributed by atoms with Gasteiger partial charge in [0, 0.05) is 0 Å². The lowest BCUT2D eigenvalue weighted by molar-refractivity contribution is -0.150. The van der Waals surface area contributed by atoms with Crippen molar-refractivity contribution in [2.24, 2.45) is 23.7 Å². The van der Waals surface area contributed by atoms with Crippen molar-refractivity contribution in [2.75, 3.05) is 7.11 Å². The molecule has 0 radical (unpaired) electrons. The molecule has 0 heterocycles. The van der Waals surface area contributed by atoms with Crippen LogP contribution in [0.5, 0.6) is 0 Å². The summed E-state index contributed by atoms with van der Waals surface area (Å²) in [5.74, 6) is 2.37. The first-order valence-electron chi connectivity index (χ1n) is 7.35. The maximum Gasteiger partial charge on any atom is 0.309 e. The van der Waals surface area contributed by atoms with Gasteiger partial charge in [0.1, 0.15) is 0 Å². The molecule has 3 rings (SSSR count). The first-order valence-corrected chi connectivity index (χ1v) is 7.35. The van der Waals surface area contributed by atoms with Crippen LogP contribution >= 0.6 is 0 Å². The Morgan fingerprint density at radius 2 is 1.95 bits per heavy atom. The van der Waals surface area contributed by atoms with Crippen LogP contribution in [0, 0.1) is 23.7 Å². The van der Waals surface area contributed by atoms with Crippen LogP contribution in [0.15, 0.2) is 30.3 Å². The van der Waals surface area contributed by atoms with Gasteiger partial charge in [-0.1, -0.05) is 37.3 Å². The van der Waals surface area contributed by atoms with Gasteiger partial charge in [-0.15, -0.1) is 0 Å². The minimum Gasteiger partial charge on any atom is -0.469 e. The Balaban J connectivity index is 1.96. The van der Waals surface area contributed by atoms with Gasteiger partial charge in [-0.05, 0) is 48.5 Å². The summed E-state index contributed by atoms with van der Waals surface area (Å²) in [4.78, 5) is 12.3. The van der Waals surface area contributed by atoms with Gasteiger partial charge in [-0.25, -0.2) is 0 Å². The van der Waals surface area contributed by atoms with Gasteiger partial charge >= 0.3 is 5.97 Å². The fraction of sp³-hybridized carbons (Fsp3) is 0.588. The van der Waals surface area contributed by atoms with Gasteiger partial charge in [0.05, 0.1) is 13.0 Å². The maximum atomic E-state index is 12.3. The van der Waals surface area contributed by atoms with E-state index in [-0.39, 0.29) is 11.9 Å². The SMILES string of the molecule is COC(=O)C1C(c2ccccc2)CC2CCC1[C@@H]2C. The number of methoxy groups -OCH3 is 1. The molecule has 0 saturated heterocycles. The lowest BCUT2D eigenvalue weighted by Gasteiger charge is -2.39. The topological polar surface area (TPSA) is 26.3 Å². The second-order valence-corrected chi connectivity index (χ2v) is 6.16. The molecule has 0 spiro atoms. The number of hydrogen-bond acceptors (Lipinski definition) is 2. The Morgan fingerprint density at radius 3 is 2.63 bits per heavy atom. The van der Waals surface area contributed by atoms with Crippen molar-refractivity contribution < 1.29 is 9.53 Å². The van der Waals surface area contributed by atoms with Gasteiger partial charge in [0.15, 0.2) is 0 Å². The van der Waals surface area contributed by atoms with Crippen LogP contribution in [0.2, 0.25) is 0 Å². The zero-order valence-corrected chi connectivity index (χ0v) is 11.7. The van der Waals surface area contributed by atoms with E-state index in [2.05, 4.69) is 31.2 Å². The predicted octanol–water partition coefficient (Wildman–Crippen LogP) is 3.63. The summed E-state index contributed by atoms with van der Waals surface area (Å²) in [6.07, 6.45) is 3.61. The molecule has 1 aromatic rings. The Bertz CT molecular complexity index is 454. The summed E-state index contributed by atoms with van der Waals surface area (Å²) >= 11 is 0. The van der Waals surface area contributed by atoms with Crippen LogP contribution in [0.4, 0.5) is 0 Å². The third-order valence-electron chi connectivity index (χ3n) is 5.44. The number of fused-ring (bicyclic) bond motifs is 2. The Labute approximate surface area is 115 Å². The zero-order valence-electron chi connectivity index (χ0n) is 11.7. The lowest BCUT2D eigenvalue weighted by atomic mass is 9.65. The standard InChI is InChI=1S/C17H22O2/c1-11-13-8-9-14(11)16(17(18)19-2)15(10-13)12-6-4-3-5-7-12/h3-7,11,13-16H,8-10H2,1-2H3/t11-,13?,14?,15?,16?/m1/s1. The maximum absolute atomic E-state index is 12.3. The third kappa shape index (κ3) is 2.07. The highest BCUT2D eigenvalue weighted by atomic mass is 16.5. The minimum absolute atomic E-state index is 0.00828. The summed E-state index contributed by atoms with van der Waals surface area (Å²) < 4.78 is 5.10. The average Bonchev–Trinajstić information content (AvgIpc) is 2.70.